The first-order chi connectivity index (χ1) is 13.8. The van der Waals surface area contributed by atoms with E-state index in [1.165, 1.54) is 12.2 Å². The Morgan fingerprint density at radius 2 is 1.79 bits per heavy atom. The first-order valence-corrected chi connectivity index (χ1v) is 10.3. The van der Waals surface area contributed by atoms with Crippen LogP contribution in [0.1, 0.15) is 58.8 Å². The molecule has 162 valence electrons. The zero-order valence-electron chi connectivity index (χ0n) is 17.5. The number of allylic oxidation sites excluding steroid dienone is 1. The summed E-state index contributed by atoms with van der Waals surface area (Å²) in [6.45, 7) is 8.77. The van der Waals surface area contributed by atoms with Crippen LogP contribution in [0, 0.1) is 5.92 Å². The van der Waals surface area contributed by atoms with Crippen molar-refractivity contribution in [2.45, 2.75) is 64.8 Å². The summed E-state index contributed by atoms with van der Waals surface area (Å²) in [5.74, 6) is -1.14. The number of rotatable bonds is 15. The van der Waals surface area contributed by atoms with Crippen molar-refractivity contribution in [3.63, 3.8) is 0 Å². The molecule has 8 nitrogen and oxygen atoms in total. The number of hydrogen-bond acceptors (Lipinski definition) is 5. The fourth-order valence-corrected chi connectivity index (χ4v) is 2.99. The molecule has 0 fully saturated rings. The van der Waals surface area contributed by atoms with E-state index in [0.717, 1.165) is 29.9 Å². The highest BCUT2D eigenvalue weighted by Gasteiger charge is 2.23. The Morgan fingerprint density at radius 1 is 1.14 bits per heavy atom. The molecule has 0 aromatic carbocycles. The number of carbonyl (C=O) groups excluding carboxylic acids is 4. The van der Waals surface area contributed by atoms with Crippen LogP contribution >= 0.6 is 0 Å². The molecule has 0 aliphatic carbocycles. The summed E-state index contributed by atoms with van der Waals surface area (Å²) < 4.78 is 0. The molecule has 8 heteroatoms. The summed E-state index contributed by atoms with van der Waals surface area (Å²) in [4.78, 5) is 47.4. The normalized spacial score (nSPS) is 15.3. The van der Waals surface area contributed by atoms with E-state index in [4.69, 9.17) is 5.73 Å². The number of nitrogens with one attached hydrogen (secondary N) is 2. The van der Waals surface area contributed by atoms with E-state index in [1.807, 2.05) is 0 Å². The first-order valence-electron chi connectivity index (χ1n) is 10.3. The Labute approximate surface area is 172 Å². The quantitative estimate of drug-likeness (QED) is 0.280. The highest BCUT2D eigenvalue weighted by atomic mass is 16.2. The topological polar surface area (TPSA) is 122 Å². The number of primary amides is 1. The number of hydrogen-bond donors (Lipinski definition) is 3. The molecule has 0 aromatic rings. The van der Waals surface area contributed by atoms with Crippen LogP contribution in [0.2, 0.25) is 0 Å². The Balaban J connectivity index is 2.22. The summed E-state index contributed by atoms with van der Waals surface area (Å²) >= 11 is 0. The van der Waals surface area contributed by atoms with Gasteiger partial charge in [-0.05, 0) is 31.6 Å². The van der Waals surface area contributed by atoms with E-state index in [1.54, 1.807) is 0 Å². The van der Waals surface area contributed by atoms with Gasteiger partial charge in [-0.25, -0.2) is 0 Å². The van der Waals surface area contributed by atoms with Gasteiger partial charge in [0.25, 0.3) is 11.8 Å². The molecule has 0 saturated carbocycles. The number of nitrogens with zero attached hydrogens (tertiary/aromatic N) is 1. The van der Waals surface area contributed by atoms with Crippen molar-refractivity contribution in [2.24, 2.45) is 11.7 Å². The van der Waals surface area contributed by atoms with Gasteiger partial charge < -0.3 is 16.4 Å². The van der Waals surface area contributed by atoms with Crippen molar-refractivity contribution < 1.29 is 19.2 Å². The van der Waals surface area contributed by atoms with Gasteiger partial charge in [-0.15, -0.1) is 0 Å². The molecular formula is C21H34N4O4. The van der Waals surface area contributed by atoms with Gasteiger partial charge in [-0.2, -0.15) is 0 Å². The number of carbonyl (C=O) groups is 4. The van der Waals surface area contributed by atoms with Crippen LogP contribution in [0.3, 0.4) is 0 Å². The highest BCUT2D eigenvalue weighted by Crippen LogP contribution is 2.15. The lowest BCUT2D eigenvalue weighted by molar-refractivity contribution is -0.137. The van der Waals surface area contributed by atoms with Crippen molar-refractivity contribution in [3.8, 4) is 0 Å². The summed E-state index contributed by atoms with van der Waals surface area (Å²) in [7, 11) is 0. The number of imide groups is 1. The van der Waals surface area contributed by atoms with E-state index in [9.17, 15) is 19.2 Å². The minimum Gasteiger partial charge on any atom is -0.377 e. The summed E-state index contributed by atoms with van der Waals surface area (Å²) in [5.41, 5.74) is 6.32. The van der Waals surface area contributed by atoms with Gasteiger partial charge in [0.05, 0.1) is 0 Å². The summed E-state index contributed by atoms with van der Waals surface area (Å²) in [6.07, 6.45) is 7.68. The molecule has 1 heterocycles. The summed E-state index contributed by atoms with van der Waals surface area (Å²) in [6, 6.07) is -0.470. The Bertz CT molecular complexity index is 627. The Hall–Kier alpha value is -2.64. The fraction of sp³-hybridized carbons (Fsp3) is 0.619. The number of unbranched alkanes of at least 4 members (excludes halogenated alkanes) is 2. The molecule has 1 aliphatic rings. The lowest BCUT2D eigenvalue weighted by Gasteiger charge is -2.22. The number of nitrogens with two attached hydrogens (primary N) is 1. The van der Waals surface area contributed by atoms with E-state index < -0.39 is 23.8 Å². The molecule has 29 heavy (non-hydrogen) atoms. The second kappa shape index (κ2) is 12.7. The monoisotopic (exact) mass is 406 g/mol. The average Bonchev–Trinajstić information content (AvgIpc) is 3.00. The van der Waals surface area contributed by atoms with Gasteiger partial charge >= 0.3 is 0 Å². The van der Waals surface area contributed by atoms with Crippen LogP contribution < -0.4 is 16.4 Å². The molecule has 0 radical (unpaired) electrons. The van der Waals surface area contributed by atoms with E-state index >= 15 is 0 Å². The highest BCUT2D eigenvalue weighted by molar-refractivity contribution is 6.13. The van der Waals surface area contributed by atoms with Crippen LogP contribution in [0.5, 0.6) is 0 Å². The van der Waals surface area contributed by atoms with Crippen LogP contribution in [0.4, 0.5) is 0 Å². The fourth-order valence-electron chi connectivity index (χ4n) is 2.99. The minimum absolute atomic E-state index is 0.0695. The lowest BCUT2D eigenvalue weighted by Crippen LogP contribution is -2.41. The van der Waals surface area contributed by atoms with E-state index in [-0.39, 0.29) is 24.8 Å². The molecule has 1 rings (SSSR count). The van der Waals surface area contributed by atoms with Crippen molar-refractivity contribution in [3.05, 3.63) is 24.4 Å². The molecule has 4 amide bonds. The minimum atomic E-state index is -0.470. The second-order valence-corrected chi connectivity index (χ2v) is 7.42. The Kier molecular flexibility index (Phi) is 10.7. The molecular weight excluding hydrogens is 372 g/mol. The third-order valence-electron chi connectivity index (χ3n) is 4.99. The SMILES string of the molecule is C=C(NC(CCCCNC(=O)CCN1C(=O)C=CC1=O)C(N)=O)C(C)CCCC. The maximum atomic E-state index is 11.8. The van der Waals surface area contributed by atoms with Gasteiger partial charge in [0.2, 0.25) is 11.8 Å². The maximum Gasteiger partial charge on any atom is 0.253 e. The van der Waals surface area contributed by atoms with Crippen LogP contribution in [0.15, 0.2) is 24.4 Å². The molecule has 1 aliphatic heterocycles. The number of amides is 4. The summed E-state index contributed by atoms with van der Waals surface area (Å²) in [5, 5.41) is 5.91. The maximum absolute atomic E-state index is 11.8. The van der Waals surface area contributed by atoms with Gasteiger partial charge in [-0.1, -0.05) is 33.3 Å². The van der Waals surface area contributed by atoms with E-state index in [0.29, 0.717) is 25.8 Å². The predicted molar refractivity (Wildman–Crippen MR) is 111 cm³/mol. The predicted octanol–water partition coefficient (Wildman–Crippen LogP) is 1.37. The van der Waals surface area contributed by atoms with Crippen LogP contribution in [0.25, 0.3) is 0 Å². The third kappa shape index (κ3) is 8.93. The lowest BCUT2D eigenvalue weighted by atomic mass is 10.00. The molecule has 2 atom stereocenters. The van der Waals surface area contributed by atoms with Crippen molar-refractivity contribution >= 4 is 23.6 Å². The zero-order valence-corrected chi connectivity index (χ0v) is 17.5. The standard InChI is InChI=1S/C21H34N4O4/c1-4-5-8-15(2)16(3)24-17(21(22)29)9-6-7-13-23-18(26)12-14-25-19(27)10-11-20(25)28/h10-11,15,17,24H,3-9,12-14H2,1-2H3,(H2,22,29)(H,23,26). The molecule has 0 aromatic heterocycles. The molecule has 4 N–H and O–H groups in total. The van der Waals surface area contributed by atoms with Gasteiger partial charge in [0, 0.05) is 37.4 Å². The van der Waals surface area contributed by atoms with Crippen molar-refractivity contribution in [1.29, 1.82) is 0 Å². The van der Waals surface area contributed by atoms with Crippen LogP contribution in [-0.2, 0) is 19.2 Å². The van der Waals surface area contributed by atoms with Crippen LogP contribution in [-0.4, -0.2) is 47.7 Å². The molecule has 2 unspecified atom stereocenters. The first kappa shape index (κ1) is 24.4. The van der Waals surface area contributed by atoms with Gasteiger partial charge in [-0.3, -0.25) is 24.1 Å². The molecule has 0 bridgehead atoms. The average molecular weight is 407 g/mol. The third-order valence-corrected chi connectivity index (χ3v) is 4.99. The van der Waals surface area contributed by atoms with Gasteiger partial charge in [0.1, 0.15) is 6.04 Å². The van der Waals surface area contributed by atoms with Crippen molar-refractivity contribution in [1.82, 2.24) is 15.5 Å². The van der Waals surface area contributed by atoms with Crippen molar-refractivity contribution in [2.75, 3.05) is 13.1 Å². The molecule has 0 spiro atoms. The van der Waals surface area contributed by atoms with E-state index in [2.05, 4.69) is 31.1 Å². The second-order valence-electron chi connectivity index (χ2n) is 7.42. The zero-order chi connectivity index (χ0) is 21.8. The Morgan fingerprint density at radius 3 is 2.38 bits per heavy atom. The van der Waals surface area contributed by atoms with Gasteiger partial charge in [0.15, 0.2) is 0 Å². The largest absolute Gasteiger partial charge is 0.377 e. The smallest absolute Gasteiger partial charge is 0.253 e. The molecule has 0 saturated heterocycles.